The maximum atomic E-state index is 11.7. The Bertz CT molecular complexity index is 685. The molecule has 3 rings (SSSR count). The third kappa shape index (κ3) is 6.15. The van der Waals surface area contributed by atoms with Gasteiger partial charge in [0.2, 0.25) is 0 Å². The summed E-state index contributed by atoms with van der Waals surface area (Å²) in [6.07, 6.45) is 20.6. The molecule has 23 heavy (non-hydrogen) atoms. The van der Waals surface area contributed by atoms with Gasteiger partial charge in [0, 0.05) is 6.07 Å². The summed E-state index contributed by atoms with van der Waals surface area (Å²) in [6.45, 7) is 0. The van der Waals surface area contributed by atoms with Gasteiger partial charge in [0.25, 0.3) is 0 Å². The van der Waals surface area contributed by atoms with Crippen molar-refractivity contribution in [2.75, 3.05) is 0 Å². The van der Waals surface area contributed by atoms with Crippen molar-refractivity contribution in [3.63, 3.8) is 0 Å². The molecule has 1 aromatic rings. The monoisotopic (exact) mass is 348 g/mol. The summed E-state index contributed by atoms with van der Waals surface area (Å²) in [4.78, 5) is 11.7. The molecular formula is C19H16FeO3. The van der Waals surface area contributed by atoms with Crippen molar-refractivity contribution in [3.05, 3.63) is 84.0 Å². The van der Waals surface area contributed by atoms with Crippen molar-refractivity contribution in [2.24, 2.45) is 0 Å². The average molecular weight is 348 g/mol. The summed E-state index contributed by atoms with van der Waals surface area (Å²) in [5, 5.41) is 18.6. The van der Waals surface area contributed by atoms with Crippen molar-refractivity contribution in [3.8, 4) is 11.5 Å². The number of rotatable bonds is 3. The Labute approximate surface area is 146 Å². The Morgan fingerprint density at radius 2 is 2.00 bits per heavy atom. The largest absolute Gasteiger partial charge is 2.00 e. The van der Waals surface area contributed by atoms with Gasteiger partial charge in [-0.1, -0.05) is 0 Å². The van der Waals surface area contributed by atoms with Crippen molar-refractivity contribution >= 4 is 5.78 Å². The van der Waals surface area contributed by atoms with Crippen LogP contribution in [0.4, 0.5) is 0 Å². The van der Waals surface area contributed by atoms with E-state index in [1.807, 2.05) is 18.2 Å². The number of aromatic hydroxyl groups is 2. The van der Waals surface area contributed by atoms with Crippen molar-refractivity contribution < 1.29 is 32.1 Å². The number of phenols is 2. The van der Waals surface area contributed by atoms with Gasteiger partial charge in [-0.3, -0.25) is 16.9 Å². The topological polar surface area (TPSA) is 57.5 Å². The molecule has 118 valence electrons. The second-order valence-electron chi connectivity index (χ2n) is 4.66. The molecular weight excluding hydrogens is 332 g/mol. The minimum Gasteiger partial charge on any atom is -0.508 e. The summed E-state index contributed by atoms with van der Waals surface area (Å²) in [6, 6.07) is 3.90. The number of phenolic OH excluding ortho intramolecular Hbond substituents is 2. The van der Waals surface area contributed by atoms with Crippen LogP contribution >= 0.6 is 0 Å². The van der Waals surface area contributed by atoms with Crippen LogP contribution in [0.15, 0.2) is 66.3 Å². The van der Waals surface area contributed by atoms with E-state index in [0.717, 1.165) is 24.5 Å². The number of hydrogen-bond acceptors (Lipinski definition) is 3. The van der Waals surface area contributed by atoms with Crippen LogP contribution in [0.2, 0.25) is 0 Å². The molecule has 0 amide bonds. The molecule has 4 heteroatoms. The maximum Gasteiger partial charge on any atom is 2.00 e. The first kappa shape index (κ1) is 18.8. The predicted octanol–water partition coefficient (Wildman–Crippen LogP) is 3.83. The molecule has 0 atom stereocenters. The van der Waals surface area contributed by atoms with E-state index in [2.05, 4.69) is 18.2 Å². The maximum absolute atomic E-state index is 11.7. The van der Waals surface area contributed by atoms with E-state index < -0.39 is 0 Å². The number of ketones is 1. The molecule has 0 spiro atoms. The van der Waals surface area contributed by atoms with Gasteiger partial charge in [0.05, 0.1) is 5.56 Å². The summed E-state index contributed by atoms with van der Waals surface area (Å²) in [5.41, 5.74) is 1.10. The van der Waals surface area contributed by atoms with Gasteiger partial charge in [0.15, 0.2) is 5.78 Å². The average Bonchev–Trinajstić information content (AvgIpc) is 3.21. The molecule has 0 saturated heterocycles. The van der Waals surface area contributed by atoms with E-state index in [-0.39, 0.29) is 39.9 Å². The van der Waals surface area contributed by atoms with Crippen molar-refractivity contribution in [2.45, 2.75) is 12.8 Å². The fourth-order valence-electron chi connectivity index (χ4n) is 1.86. The quantitative estimate of drug-likeness (QED) is 0.378. The molecule has 2 aliphatic carbocycles. The molecule has 0 aliphatic heterocycles. The first-order valence-electron chi connectivity index (χ1n) is 6.90. The zero-order valence-corrected chi connectivity index (χ0v) is 13.4. The van der Waals surface area contributed by atoms with Gasteiger partial charge >= 0.3 is 17.1 Å². The number of allylic oxidation sites excluding steroid dienone is 10. The van der Waals surface area contributed by atoms with E-state index in [4.69, 9.17) is 5.11 Å². The fourth-order valence-corrected chi connectivity index (χ4v) is 1.86. The molecule has 1 aromatic carbocycles. The van der Waals surface area contributed by atoms with Crippen LogP contribution in [0.3, 0.4) is 0 Å². The molecule has 0 bridgehead atoms. The normalized spacial score (nSPS) is 14.3. The van der Waals surface area contributed by atoms with Crippen LogP contribution < -0.4 is 0 Å². The first-order valence-corrected chi connectivity index (χ1v) is 6.90. The third-order valence-corrected chi connectivity index (χ3v) is 2.98. The summed E-state index contributed by atoms with van der Waals surface area (Å²) in [5.74, 6) is -0.593. The molecule has 0 heterocycles. The summed E-state index contributed by atoms with van der Waals surface area (Å²) in [7, 11) is 0. The number of carbonyl (C=O) groups is 1. The first-order chi connectivity index (χ1) is 10.7. The van der Waals surface area contributed by atoms with Gasteiger partial charge in [-0.25, -0.2) is 18.2 Å². The SMILES string of the molecule is O=C(/C=C/C1=CC[C-]=C1)c1ccc(O)cc1O.[C-]1=CC=CC1.[Fe+2]. The Kier molecular flexibility index (Phi) is 7.89. The van der Waals surface area contributed by atoms with Crippen LogP contribution in [-0.2, 0) is 17.1 Å². The van der Waals surface area contributed by atoms with Gasteiger partial charge in [-0.15, -0.1) is 18.9 Å². The molecule has 0 saturated carbocycles. The van der Waals surface area contributed by atoms with Gasteiger partial charge < -0.3 is 10.2 Å². The minimum atomic E-state index is -0.302. The Morgan fingerprint density at radius 1 is 1.17 bits per heavy atom. The molecule has 0 unspecified atom stereocenters. The fraction of sp³-hybridized carbons (Fsp3) is 0.105. The second kappa shape index (κ2) is 9.67. The molecule has 0 radical (unpaired) electrons. The van der Waals surface area contributed by atoms with Gasteiger partial charge in [-0.2, -0.15) is 17.7 Å². The van der Waals surface area contributed by atoms with Gasteiger partial charge in [0.1, 0.15) is 11.5 Å². The molecule has 0 aromatic heterocycles. The molecule has 3 nitrogen and oxygen atoms in total. The van der Waals surface area contributed by atoms with E-state index in [0.29, 0.717) is 0 Å². The zero-order chi connectivity index (χ0) is 15.8. The Morgan fingerprint density at radius 3 is 2.52 bits per heavy atom. The molecule has 2 aliphatic rings. The second-order valence-corrected chi connectivity index (χ2v) is 4.66. The van der Waals surface area contributed by atoms with E-state index in [1.54, 1.807) is 12.2 Å². The van der Waals surface area contributed by atoms with Crippen molar-refractivity contribution in [1.82, 2.24) is 0 Å². The van der Waals surface area contributed by atoms with E-state index in [9.17, 15) is 9.90 Å². The van der Waals surface area contributed by atoms with Crippen LogP contribution in [0.5, 0.6) is 11.5 Å². The zero-order valence-electron chi connectivity index (χ0n) is 12.3. The van der Waals surface area contributed by atoms with Crippen LogP contribution in [0, 0.1) is 12.2 Å². The standard InChI is InChI=1S/C14H11O3.C5H5.Fe/c15-11-6-7-12(14(17)9-11)13(16)8-5-10-3-1-2-4-10;1-2-4-5-3-1;/h3-9,15,17H,1H2;1-3H,4H2;/q2*-1;+2/b8-5+;;. The van der Waals surface area contributed by atoms with Crippen LogP contribution in [-0.4, -0.2) is 16.0 Å². The smallest absolute Gasteiger partial charge is 0.508 e. The molecule has 0 fully saturated rings. The Balaban J connectivity index is 0.000000377. The number of benzene rings is 1. The van der Waals surface area contributed by atoms with Gasteiger partial charge in [-0.05, 0) is 18.2 Å². The number of carbonyl (C=O) groups excluding carboxylic acids is 1. The molecule has 2 N–H and O–H groups in total. The summed E-state index contributed by atoms with van der Waals surface area (Å²) >= 11 is 0. The van der Waals surface area contributed by atoms with Crippen molar-refractivity contribution in [1.29, 1.82) is 0 Å². The predicted molar refractivity (Wildman–Crippen MR) is 85.3 cm³/mol. The van der Waals surface area contributed by atoms with E-state index >= 15 is 0 Å². The van der Waals surface area contributed by atoms with Crippen LogP contribution in [0.1, 0.15) is 23.2 Å². The van der Waals surface area contributed by atoms with E-state index in [1.165, 1.54) is 18.2 Å². The summed E-state index contributed by atoms with van der Waals surface area (Å²) < 4.78 is 0. The van der Waals surface area contributed by atoms with Crippen LogP contribution in [0.25, 0.3) is 0 Å². The third-order valence-electron chi connectivity index (χ3n) is 2.98. The Hall–Kier alpha value is -2.29. The minimum absolute atomic E-state index is 0. The number of hydrogen-bond donors (Lipinski definition) is 2.